The molecular weight excluding hydrogens is 240 g/mol. The number of benzene rings is 1. The van der Waals surface area contributed by atoms with Gasteiger partial charge in [0.05, 0.1) is 7.11 Å². The van der Waals surface area contributed by atoms with Gasteiger partial charge in [-0.3, -0.25) is 0 Å². The van der Waals surface area contributed by atoms with Crippen LogP contribution in [0.3, 0.4) is 0 Å². The van der Waals surface area contributed by atoms with Crippen LogP contribution in [0.25, 0.3) is 0 Å². The summed E-state index contributed by atoms with van der Waals surface area (Å²) in [4.78, 5) is 11.6. The number of nitrogens with one attached hydrogen (secondary N) is 2. The fraction of sp³-hybridized carbons (Fsp3) is 0.533. The second-order valence-electron chi connectivity index (χ2n) is 4.52. The third kappa shape index (κ3) is 6.70. The highest BCUT2D eigenvalue weighted by atomic mass is 16.5. The summed E-state index contributed by atoms with van der Waals surface area (Å²) in [7, 11) is 1.63. The standard InChI is InChI=1S/C15H24N2O2/c1-3-4-5-6-10-16-15(18)17-12-13-8-7-9-14(11-13)19-2/h7-9,11H,3-6,10,12H2,1-2H3,(H2,16,17,18). The van der Waals surface area contributed by atoms with E-state index in [1.165, 1.54) is 19.3 Å². The van der Waals surface area contributed by atoms with E-state index in [1.54, 1.807) is 7.11 Å². The van der Waals surface area contributed by atoms with Crippen LogP contribution in [0.2, 0.25) is 0 Å². The molecule has 1 rings (SSSR count). The molecule has 4 heteroatoms. The molecule has 2 amide bonds. The Balaban J connectivity index is 2.18. The molecule has 0 unspecified atom stereocenters. The minimum Gasteiger partial charge on any atom is -0.497 e. The Hall–Kier alpha value is -1.71. The van der Waals surface area contributed by atoms with Crippen molar-refractivity contribution in [1.29, 1.82) is 0 Å². The van der Waals surface area contributed by atoms with Crippen molar-refractivity contribution in [1.82, 2.24) is 10.6 Å². The van der Waals surface area contributed by atoms with E-state index < -0.39 is 0 Å². The molecule has 2 N–H and O–H groups in total. The molecule has 0 bridgehead atoms. The molecule has 0 spiro atoms. The van der Waals surface area contributed by atoms with Gasteiger partial charge in [-0.1, -0.05) is 38.3 Å². The number of carbonyl (C=O) groups is 1. The smallest absolute Gasteiger partial charge is 0.315 e. The number of methoxy groups -OCH3 is 1. The average Bonchev–Trinajstić information content (AvgIpc) is 2.45. The highest BCUT2D eigenvalue weighted by molar-refractivity contribution is 5.73. The normalized spacial score (nSPS) is 10.0. The fourth-order valence-electron chi connectivity index (χ4n) is 1.78. The molecule has 0 aromatic heterocycles. The topological polar surface area (TPSA) is 50.4 Å². The number of amides is 2. The molecule has 0 radical (unpaired) electrons. The van der Waals surface area contributed by atoms with Crippen LogP contribution in [0, 0.1) is 0 Å². The molecule has 0 aliphatic carbocycles. The first-order chi connectivity index (χ1) is 9.26. The zero-order valence-electron chi connectivity index (χ0n) is 11.9. The van der Waals surface area contributed by atoms with E-state index in [0.717, 1.165) is 24.3 Å². The summed E-state index contributed by atoms with van der Waals surface area (Å²) in [5.41, 5.74) is 1.03. The first-order valence-corrected chi connectivity index (χ1v) is 6.91. The van der Waals surface area contributed by atoms with Gasteiger partial charge in [0.2, 0.25) is 0 Å². The van der Waals surface area contributed by atoms with Gasteiger partial charge >= 0.3 is 6.03 Å². The van der Waals surface area contributed by atoms with Crippen molar-refractivity contribution >= 4 is 6.03 Å². The number of carbonyl (C=O) groups excluding carboxylic acids is 1. The van der Waals surface area contributed by atoms with Gasteiger partial charge in [-0.25, -0.2) is 4.79 Å². The number of unbranched alkanes of at least 4 members (excludes halogenated alkanes) is 3. The van der Waals surface area contributed by atoms with E-state index in [4.69, 9.17) is 4.74 Å². The summed E-state index contributed by atoms with van der Waals surface area (Å²) < 4.78 is 5.14. The van der Waals surface area contributed by atoms with Crippen LogP contribution in [-0.2, 0) is 6.54 Å². The van der Waals surface area contributed by atoms with Gasteiger partial charge in [-0.05, 0) is 24.1 Å². The van der Waals surface area contributed by atoms with Crippen LogP contribution in [-0.4, -0.2) is 19.7 Å². The largest absolute Gasteiger partial charge is 0.497 e. The lowest BCUT2D eigenvalue weighted by atomic mass is 10.2. The number of hydrogen-bond acceptors (Lipinski definition) is 2. The quantitative estimate of drug-likeness (QED) is 0.709. The Morgan fingerprint density at radius 3 is 2.79 bits per heavy atom. The minimum absolute atomic E-state index is 0.112. The molecule has 0 aliphatic rings. The van der Waals surface area contributed by atoms with Crippen molar-refractivity contribution in [3.63, 3.8) is 0 Å². The number of rotatable bonds is 8. The van der Waals surface area contributed by atoms with Crippen LogP contribution in [0.1, 0.15) is 38.2 Å². The Morgan fingerprint density at radius 1 is 1.21 bits per heavy atom. The van der Waals surface area contributed by atoms with Crippen molar-refractivity contribution in [3.05, 3.63) is 29.8 Å². The Bertz CT molecular complexity index is 380. The van der Waals surface area contributed by atoms with Crippen molar-refractivity contribution in [2.24, 2.45) is 0 Å². The number of urea groups is 1. The molecule has 19 heavy (non-hydrogen) atoms. The maximum absolute atomic E-state index is 11.6. The van der Waals surface area contributed by atoms with E-state index in [-0.39, 0.29) is 6.03 Å². The SMILES string of the molecule is CCCCCCNC(=O)NCc1cccc(OC)c1. The zero-order valence-corrected chi connectivity index (χ0v) is 11.9. The van der Waals surface area contributed by atoms with Gasteiger partial charge in [-0.15, -0.1) is 0 Å². The van der Waals surface area contributed by atoms with E-state index >= 15 is 0 Å². The van der Waals surface area contributed by atoms with Gasteiger partial charge in [0.1, 0.15) is 5.75 Å². The van der Waals surface area contributed by atoms with Crippen molar-refractivity contribution < 1.29 is 9.53 Å². The predicted octanol–water partition coefficient (Wildman–Crippen LogP) is 3.07. The summed E-state index contributed by atoms with van der Waals surface area (Å²) in [5, 5.41) is 5.69. The predicted molar refractivity (Wildman–Crippen MR) is 77.4 cm³/mol. The van der Waals surface area contributed by atoms with Crippen LogP contribution < -0.4 is 15.4 Å². The molecule has 0 aliphatic heterocycles. The van der Waals surface area contributed by atoms with Crippen molar-refractivity contribution in [2.75, 3.05) is 13.7 Å². The van der Waals surface area contributed by atoms with E-state index in [0.29, 0.717) is 6.54 Å². The Labute approximate surface area is 115 Å². The van der Waals surface area contributed by atoms with Crippen LogP contribution in [0.15, 0.2) is 24.3 Å². The summed E-state index contributed by atoms with van der Waals surface area (Å²) in [6, 6.07) is 7.57. The number of ether oxygens (including phenoxy) is 1. The second kappa shape index (κ2) is 9.25. The third-order valence-corrected chi connectivity index (χ3v) is 2.90. The van der Waals surface area contributed by atoms with Gasteiger partial charge in [0, 0.05) is 13.1 Å². The third-order valence-electron chi connectivity index (χ3n) is 2.90. The van der Waals surface area contributed by atoms with Gasteiger partial charge < -0.3 is 15.4 Å². The van der Waals surface area contributed by atoms with E-state index in [1.807, 2.05) is 24.3 Å². The zero-order chi connectivity index (χ0) is 13.9. The molecule has 0 atom stereocenters. The summed E-state index contributed by atoms with van der Waals surface area (Å²) in [6.07, 6.45) is 4.65. The molecule has 0 fully saturated rings. The Morgan fingerprint density at radius 2 is 2.05 bits per heavy atom. The molecule has 0 heterocycles. The van der Waals surface area contributed by atoms with E-state index in [9.17, 15) is 4.79 Å². The highest BCUT2D eigenvalue weighted by Gasteiger charge is 2.00. The maximum atomic E-state index is 11.6. The van der Waals surface area contributed by atoms with Crippen LogP contribution in [0.5, 0.6) is 5.75 Å². The molecular formula is C15H24N2O2. The van der Waals surface area contributed by atoms with Crippen molar-refractivity contribution in [3.8, 4) is 5.75 Å². The molecule has 106 valence electrons. The monoisotopic (exact) mass is 264 g/mol. The summed E-state index contributed by atoms with van der Waals surface area (Å²) in [5.74, 6) is 0.805. The lowest BCUT2D eigenvalue weighted by molar-refractivity contribution is 0.240. The van der Waals surface area contributed by atoms with Crippen LogP contribution in [0.4, 0.5) is 4.79 Å². The minimum atomic E-state index is -0.112. The molecule has 0 saturated heterocycles. The summed E-state index contributed by atoms with van der Waals surface area (Å²) in [6.45, 7) is 3.43. The fourth-order valence-corrected chi connectivity index (χ4v) is 1.78. The maximum Gasteiger partial charge on any atom is 0.315 e. The lowest BCUT2D eigenvalue weighted by Gasteiger charge is -2.08. The van der Waals surface area contributed by atoms with E-state index in [2.05, 4.69) is 17.6 Å². The lowest BCUT2D eigenvalue weighted by Crippen LogP contribution is -2.35. The van der Waals surface area contributed by atoms with Gasteiger partial charge in [0.25, 0.3) is 0 Å². The first-order valence-electron chi connectivity index (χ1n) is 6.91. The van der Waals surface area contributed by atoms with Gasteiger partial charge in [-0.2, -0.15) is 0 Å². The first kappa shape index (κ1) is 15.3. The Kier molecular flexibility index (Phi) is 7.47. The van der Waals surface area contributed by atoms with Crippen LogP contribution >= 0.6 is 0 Å². The molecule has 1 aromatic rings. The average molecular weight is 264 g/mol. The number of hydrogen-bond donors (Lipinski definition) is 2. The molecule has 0 saturated carbocycles. The van der Waals surface area contributed by atoms with Gasteiger partial charge in [0.15, 0.2) is 0 Å². The second-order valence-corrected chi connectivity index (χ2v) is 4.52. The van der Waals surface area contributed by atoms with Crippen molar-refractivity contribution in [2.45, 2.75) is 39.2 Å². The highest BCUT2D eigenvalue weighted by Crippen LogP contribution is 2.11. The summed E-state index contributed by atoms with van der Waals surface area (Å²) >= 11 is 0. The molecule has 4 nitrogen and oxygen atoms in total. The molecule has 1 aromatic carbocycles.